The van der Waals surface area contributed by atoms with E-state index in [2.05, 4.69) is 0 Å². The van der Waals surface area contributed by atoms with E-state index in [4.69, 9.17) is 0 Å². The van der Waals surface area contributed by atoms with Crippen LogP contribution in [-0.2, 0) is 0 Å². The van der Waals surface area contributed by atoms with Crippen molar-refractivity contribution in [2.75, 3.05) is 0 Å². The molecule has 0 unspecified atom stereocenters. The summed E-state index contributed by atoms with van der Waals surface area (Å²) in [7, 11) is 0. The molecule has 0 heterocycles. The van der Waals surface area contributed by atoms with Crippen LogP contribution >= 0.6 is 0 Å². The predicted octanol–water partition coefficient (Wildman–Crippen LogP) is -15.0. The minimum atomic E-state index is 0. The average molecular weight is 486 g/mol. The fourth-order valence-corrected chi connectivity index (χ4v) is 0. The SMILES string of the molecule is [Cl-].[Cl-].[Cl-].[Cl-].[Cl-].[Eu+2].[Gd+3]. The monoisotopic (exact) mass is 486 g/mol. The maximum absolute atomic E-state index is 0. The Morgan fingerprint density at radius 2 is 0.429 bits per heavy atom. The third-order valence-electron chi connectivity index (χ3n) is 0. The van der Waals surface area contributed by atoms with E-state index in [0.717, 1.165) is 0 Å². The van der Waals surface area contributed by atoms with Crippen molar-refractivity contribution in [1.82, 2.24) is 0 Å². The van der Waals surface area contributed by atoms with E-state index in [1.54, 1.807) is 0 Å². The molecule has 0 spiro atoms. The first-order chi connectivity index (χ1) is 0. The third kappa shape index (κ3) is 38.1. The van der Waals surface area contributed by atoms with Crippen LogP contribution in [0.3, 0.4) is 0 Å². The van der Waals surface area contributed by atoms with Gasteiger partial charge in [-0.3, -0.25) is 0 Å². The van der Waals surface area contributed by atoms with Gasteiger partial charge in [0.05, 0.1) is 0 Å². The van der Waals surface area contributed by atoms with Crippen LogP contribution in [0, 0.1) is 89.3 Å². The summed E-state index contributed by atoms with van der Waals surface area (Å²) in [6.45, 7) is 0. The summed E-state index contributed by atoms with van der Waals surface area (Å²) in [6.07, 6.45) is 0. The molecule has 0 bridgehead atoms. The van der Waals surface area contributed by atoms with Crippen LogP contribution in [0.5, 0.6) is 0 Å². The van der Waals surface area contributed by atoms with Gasteiger partial charge in [-0.2, -0.15) is 0 Å². The van der Waals surface area contributed by atoms with E-state index in [1.807, 2.05) is 0 Å². The van der Waals surface area contributed by atoms with Crippen molar-refractivity contribution >= 4 is 0 Å². The van der Waals surface area contributed by atoms with Gasteiger partial charge in [0.25, 0.3) is 0 Å². The van der Waals surface area contributed by atoms with Crippen molar-refractivity contribution < 1.29 is 151 Å². The molecule has 0 fully saturated rings. The van der Waals surface area contributed by atoms with E-state index < -0.39 is 0 Å². The van der Waals surface area contributed by atoms with Gasteiger partial charge in [-0.05, 0) is 0 Å². The second-order valence-corrected chi connectivity index (χ2v) is 0. The van der Waals surface area contributed by atoms with Crippen molar-refractivity contribution in [3.05, 3.63) is 0 Å². The third-order valence-corrected chi connectivity index (χ3v) is 0. The quantitative estimate of drug-likeness (QED) is 0.319. The molecular formula is Cl5EuGd. The van der Waals surface area contributed by atoms with Gasteiger partial charge in [0.15, 0.2) is 0 Å². The summed E-state index contributed by atoms with van der Waals surface area (Å²) in [4.78, 5) is 0. The molecule has 0 rings (SSSR count). The summed E-state index contributed by atoms with van der Waals surface area (Å²) in [6, 6.07) is 0. The molecule has 2 radical (unpaired) electrons. The summed E-state index contributed by atoms with van der Waals surface area (Å²) in [5, 5.41) is 0. The first kappa shape index (κ1) is 64.1. The molecule has 0 aromatic heterocycles. The maximum atomic E-state index is 0. The Kier molecular flexibility index (Phi) is 438. The van der Waals surface area contributed by atoms with Gasteiger partial charge in [0.2, 0.25) is 0 Å². The minimum Gasteiger partial charge on any atom is -1.00 e. The smallest absolute Gasteiger partial charge is 1.00 e. The first-order valence-corrected chi connectivity index (χ1v) is 0. The van der Waals surface area contributed by atoms with Crippen molar-refractivity contribution in [2.45, 2.75) is 0 Å². The molecule has 0 aromatic rings. The van der Waals surface area contributed by atoms with Crippen molar-refractivity contribution in [3.8, 4) is 0 Å². The summed E-state index contributed by atoms with van der Waals surface area (Å²) in [5.74, 6) is 0. The minimum absolute atomic E-state index is 0. The van der Waals surface area contributed by atoms with Crippen LogP contribution in [0.1, 0.15) is 0 Å². The van der Waals surface area contributed by atoms with Crippen molar-refractivity contribution in [1.29, 1.82) is 0 Å². The molecule has 0 atom stereocenters. The van der Waals surface area contributed by atoms with Crippen LogP contribution < -0.4 is 62.0 Å². The van der Waals surface area contributed by atoms with E-state index in [-0.39, 0.29) is 151 Å². The molecule has 50 valence electrons. The topological polar surface area (TPSA) is 0 Å². The van der Waals surface area contributed by atoms with Gasteiger partial charge in [-0.1, -0.05) is 0 Å². The molecule has 0 aliphatic rings. The Bertz CT molecular complexity index is 8.04. The molecule has 0 N–H and O–H groups in total. The van der Waals surface area contributed by atoms with Gasteiger partial charge in [-0.25, -0.2) is 0 Å². The number of hydrogen-bond acceptors (Lipinski definition) is 0. The Hall–Kier alpha value is 4.36. The predicted molar refractivity (Wildman–Crippen MR) is 0 cm³/mol. The van der Waals surface area contributed by atoms with Gasteiger partial charge in [-0.15, -0.1) is 0 Å². The molecular weight excluding hydrogens is 486 g/mol. The molecule has 0 amide bonds. The number of halogens is 5. The molecule has 0 saturated heterocycles. The van der Waals surface area contributed by atoms with Gasteiger partial charge >= 0.3 is 89.3 Å². The Morgan fingerprint density at radius 1 is 0.429 bits per heavy atom. The zero-order chi connectivity index (χ0) is 0. The number of hydrogen-bond donors (Lipinski definition) is 0. The molecule has 7 heteroatoms. The van der Waals surface area contributed by atoms with Gasteiger partial charge < -0.3 is 62.0 Å². The van der Waals surface area contributed by atoms with Crippen LogP contribution in [-0.4, -0.2) is 0 Å². The van der Waals surface area contributed by atoms with E-state index in [9.17, 15) is 0 Å². The fraction of sp³-hybridized carbons (Fsp3) is 0. The standard InChI is InChI=1S/5ClH.Eu.Gd/h5*1H;;/q;;;;;+2;+3/p-5. The average Bonchev–Trinajstić information content (AvgIpc) is 0. The zero-order valence-corrected chi connectivity index (χ0v) is 11.1. The Labute approximate surface area is 147 Å². The van der Waals surface area contributed by atoms with Crippen LogP contribution in [0.25, 0.3) is 0 Å². The zero-order valence-electron chi connectivity index (χ0n) is 2.62. The molecule has 0 aliphatic heterocycles. The van der Waals surface area contributed by atoms with Crippen LogP contribution in [0.2, 0.25) is 0 Å². The van der Waals surface area contributed by atoms with Gasteiger partial charge in [0, 0.05) is 0 Å². The normalized spacial score (nSPS) is 0. The Morgan fingerprint density at radius 3 is 0.429 bits per heavy atom. The van der Waals surface area contributed by atoms with Crippen LogP contribution in [0.4, 0.5) is 0 Å². The second-order valence-electron chi connectivity index (χ2n) is 0. The molecule has 7 heavy (non-hydrogen) atoms. The van der Waals surface area contributed by atoms with E-state index >= 15 is 0 Å². The molecule has 0 saturated carbocycles. The van der Waals surface area contributed by atoms with Crippen LogP contribution in [0.15, 0.2) is 0 Å². The van der Waals surface area contributed by atoms with Crippen molar-refractivity contribution in [3.63, 3.8) is 0 Å². The fourth-order valence-electron chi connectivity index (χ4n) is 0. The largest absolute Gasteiger partial charge is 3.00 e. The van der Waals surface area contributed by atoms with Gasteiger partial charge in [0.1, 0.15) is 0 Å². The molecule has 0 nitrogen and oxygen atoms in total. The first-order valence-electron chi connectivity index (χ1n) is 0. The van der Waals surface area contributed by atoms with Crippen molar-refractivity contribution in [2.24, 2.45) is 0 Å². The Balaban J connectivity index is 0. The summed E-state index contributed by atoms with van der Waals surface area (Å²) >= 11 is 0. The molecule has 0 aromatic carbocycles. The number of rotatable bonds is 0. The van der Waals surface area contributed by atoms with E-state index in [1.165, 1.54) is 0 Å². The van der Waals surface area contributed by atoms with E-state index in [0.29, 0.717) is 0 Å². The maximum Gasteiger partial charge on any atom is 3.00 e. The second kappa shape index (κ2) is 47.8. The summed E-state index contributed by atoms with van der Waals surface area (Å²) in [5.41, 5.74) is 0. The summed E-state index contributed by atoms with van der Waals surface area (Å²) < 4.78 is 0. The molecule has 0 aliphatic carbocycles.